The smallest absolute Gasteiger partial charge is 0.123 e. The fraction of sp³-hybridized carbons (Fsp3) is 0.368. The van der Waals surface area contributed by atoms with Crippen molar-refractivity contribution >= 4 is 15.9 Å². The van der Waals surface area contributed by atoms with Crippen molar-refractivity contribution < 1.29 is 4.74 Å². The van der Waals surface area contributed by atoms with Crippen molar-refractivity contribution in [1.82, 2.24) is 0 Å². The number of hydrogen-bond donors (Lipinski definition) is 0. The number of para-hydroxylation sites is 1. The summed E-state index contributed by atoms with van der Waals surface area (Å²) in [4.78, 5) is 0.234. The molecule has 3 rings (SSSR count). The second-order valence-electron chi connectivity index (χ2n) is 6.21. The van der Waals surface area contributed by atoms with Gasteiger partial charge in [0.15, 0.2) is 0 Å². The maximum Gasteiger partial charge on any atom is 0.123 e. The Bertz CT molecular complexity index is 578. The van der Waals surface area contributed by atoms with Crippen molar-refractivity contribution in [2.75, 3.05) is 0 Å². The third-order valence-electron chi connectivity index (χ3n) is 3.94. The van der Waals surface area contributed by atoms with E-state index in [1.807, 2.05) is 6.07 Å². The molecule has 0 N–H and O–H groups in total. The fourth-order valence-corrected chi connectivity index (χ4v) is 3.50. The van der Waals surface area contributed by atoms with Crippen LogP contribution in [0, 0.1) is 5.92 Å². The van der Waals surface area contributed by atoms with Gasteiger partial charge >= 0.3 is 0 Å². The first-order valence-electron chi connectivity index (χ1n) is 7.61. The van der Waals surface area contributed by atoms with E-state index in [9.17, 15) is 0 Å². The van der Waals surface area contributed by atoms with Gasteiger partial charge in [0.2, 0.25) is 0 Å². The number of fused-ring (bicyclic) bond motifs is 1. The Morgan fingerprint density at radius 1 is 1.10 bits per heavy atom. The van der Waals surface area contributed by atoms with Gasteiger partial charge in [0.05, 0.1) is 4.83 Å². The van der Waals surface area contributed by atoms with Crippen molar-refractivity contribution in [3.8, 4) is 5.75 Å². The molecule has 0 fully saturated rings. The molecule has 0 saturated carbocycles. The van der Waals surface area contributed by atoms with Crippen molar-refractivity contribution in [2.24, 2.45) is 5.92 Å². The van der Waals surface area contributed by atoms with Crippen molar-refractivity contribution in [1.29, 1.82) is 0 Å². The first-order valence-corrected chi connectivity index (χ1v) is 8.52. The van der Waals surface area contributed by atoms with Gasteiger partial charge in [0.1, 0.15) is 11.9 Å². The molecule has 2 atom stereocenters. The zero-order valence-corrected chi connectivity index (χ0v) is 14.1. The second kappa shape index (κ2) is 6.23. The summed E-state index contributed by atoms with van der Waals surface area (Å²) in [5.74, 6) is 1.73. The quantitative estimate of drug-likeness (QED) is 0.681. The molecule has 2 unspecified atom stereocenters. The molecule has 1 heterocycles. The Labute approximate surface area is 135 Å². The van der Waals surface area contributed by atoms with Gasteiger partial charge in [-0.05, 0) is 35.1 Å². The molecule has 0 amide bonds. The van der Waals surface area contributed by atoms with Gasteiger partial charge in [-0.15, -0.1) is 0 Å². The van der Waals surface area contributed by atoms with E-state index in [1.54, 1.807) is 0 Å². The van der Waals surface area contributed by atoms with Crippen LogP contribution in [0.25, 0.3) is 0 Å². The molecule has 0 radical (unpaired) electrons. The molecule has 1 nitrogen and oxygen atoms in total. The number of rotatable bonds is 4. The second-order valence-corrected chi connectivity index (χ2v) is 7.20. The van der Waals surface area contributed by atoms with Gasteiger partial charge in [0.25, 0.3) is 0 Å². The van der Waals surface area contributed by atoms with Gasteiger partial charge in [-0.2, -0.15) is 0 Å². The summed E-state index contributed by atoms with van der Waals surface area (Å²) in [6, 6.07) is 17.3. The summed E-state index contributed by atoms with van der Waals surface area (Å²) < 4.78 is 6.07. The molecule has 0 saturated heterocycles. The fourth-order valence-electron chi connectivity index (χ4n) is 2.90. The monoisotopic (exact) mass is 344 g/mol. The minimum Gasteiger partial charge on any atom is -0.488 e. The Kier molecular flexibility index (Phi) is 4.34. The van der Waals surface area contributed by atoms with Gasteiger partial charge < -0.3 is 4.74 Å². The predicted molar refractivity (Wildman–Crippen MR) is 91.2 cm³/mol. The zero-order valence-electron chi connectivity index (χ0n) is 12.6. The maximum absolute atomic E-state index is 6.07. The average Bonchev–Trinajstić information content (AvgIpc) is 2.90. The molecule has 0 aliphatic carbocycles. The topological polar surface area (TPSA) is 9.23 Å². The third kappa shape index (κ3) is 3.32. The van der Waals surface area contributed by atoms with Crippen molar-refractivity contribution in [3.63, 3.8) is 0 Å². The summed E-state index contributed by atoms with van der Waals surface area (Å²) >= 11 is 3.82. The Morgan fingerprint density at radius 2 is 1.81 bits per heavy atom. The van der Waals surface area contributed by atoms with Gasteiger partial charge in [-0.25, -0.2) is 0 Å². The number of benzene rings is 2. The van der Waals surface area contributed by atoms with E-state index in [2.05, 4.69) is 72.2 Å². The number of hydrogen-bond acceptors (Lipinski definition) is 1. The van der Waals surface area contributed by atoms with Crippen LogP contribution >= 0.6 is 15.9 Å². The summed E-state index contributed by atoms with van der Waals surface area (Å²) in [6.45, 7) is 4.51. The Morgan fingerprint density at radius 3 is 2.48 bits per heavy atom. The molecular weight excluding hydrogens is 324 g/mol. The highest BCUT2D eigenvalue weighted by atomic mass is 79.9. The van der Waals surface area contributed by atoms with Crippen LogP contribution in [0.5, 0.6) is 5.75 Å². The number of halogens is 1. The minimum absolute atomic E-state index is 0.179. The summed E-state index contributed by atoms with van der Waals surface area (Å²) in [7, 11) is 0. The highest BCUT2D eigenvalue weighted by Crippen LogP contribution is 2.38. The van der Waals surface area contributed by atoms with Crippen molar-refractivity contribution in [2.45, 2.75) is 37.6 Å². The summed E-state index contributed by atoms with van der Waals surface area (Å²) in [5, 5.41) is 0. The van der Waals surface area contributed by atoms with Crippen LogP contribution in [-0.4, -0.2) is 6.10 Å². The maximum atomic E-state index is 6.07. The van der Waals surface area contributed by atoms with E-state index in [1.165, 1.54) is 16.7 Å². The average molecular weight is 345 g/mol. The highest BCUT2D eigenvalue weighted by molar-refractivity contribution is 9.09. The minimum atomic E-state index is 0.179. The molecule has 2 heteroatoms. The summed E-state index contributed by atoms with van der Waals surface area (Å²) in [6.07, 6.45) is 2.29. The van der Waals surface area contributed by atoms with E-state index in [-0.39, 0.29) is 10.9 Å². The first-order chi connectivity index (χ1) is 10.1. The van der Waals surface area contributed by atoms with Crippen LogP contribution in [0.3, 0.4) is 0 Å². The normalized spacial score (nSPS) is 18.4. The van der Waals surface area contributed by atoms with Crippen LogP contribution in [-0.2, 0) is 12.8 Å². The third-order valence-corrected chi connectivity index (χ3v) is 5.06. The van der Waals surface area contributed by atoms with Crippen LogP contribution in [0.4, 0.5) is 0 Å². The Balaban J connectivity index is 1.70. The standard InChI is InChI=1S/C19H21BrO/c1-13(2)11-14-7-9-15(10-8-14)19(20)18-12-16-5-3-4-6-17(16)21-18/h3-10,13,18-19H,11-12H2,1-2H3. The lowest BCUT2D eigenvalue weighted by molar-refractivity contribution is 0.232. The Hall–Kier alpha value is -1.28. The molecule has 21 heavy (non-hydrogen) atoms. The van der Waals surface area contributed by atoms with Crippen LogP contribution in [0.1, 0.15) is 35.4 Å². The van der Waals surface area contributed by atoms with Gasteiger partial charge in [-0.3, -0.25) is 0 Å². The molecule has 1 aliphatic rings. The molecule has 0 bridgehead atoms. The first kappa shape index (κ1) is 14.6. The predicted octanol–water partition coefficient (Wildman–Crippen LogP) is 5.32. The van der Waals surface area contributed by atoms with Gasteiger partial charge in [-0.1, -0.05) is 72.2 Å². The molecular formula is C19H21BrO. The zero-order chi connectivity index (χ0) is 14.8. The van der Waals surface area contributed by atoms with Gasteiger partial charge in [0, 0.05) is 6.42 Å². The lowest BCUT2D eigenvalue weighted by Gasteiger charge is -2.18. The van der Waals surface area contributed by atoms with E-state index in [4.69, 9.17) is 4.74 Å². The molecule has 2 aromatic rings. The van der Waals surface area contributed by atoms with Crippen LogP contribution in [0.15, 0.2) is 48.5 Å². The SMILES string of the molecule is CC(C)Cc1ccc(C(Br)C2Cc3ccccc3O2)cc1. The van der Waals surface area contributed by atoms with E-state index >= 15 is 0 Å². The molecule has 0 aromatic heterocycles. The molecule has 2 aromatic carbocycles. The number of alkyl halides is 1. The molecule has 1 aliphatic heterocycles. The molecule has 110 valence electrons. The largest absolute Gasteiger partial charge is 0.488 e. The molecule has 0 spiro atoms. The van der Waals surface area contributed by atoms with E-state index in [0.29, 0.717) is 5.92 Å². The summed E-state index contributed by atoms with van der Waals surface area (Å²) in [5.41, 5.74) is 4.01. The van der Waals surface area contributed by atoms with Crippen LogP contribution < -0.4 is 4.74 Å². The van der Waals surface area contributed by atoms with E-state index in [0.717, 1.165) is 18.6 Å². The highest BCUT2D eigenvalue weighted by Gasteiger charge is 2.29. The van der Waals surface area contributed by atoms with Crippen molar-refractivity contribution in [3.05, 3.63) is 65.2 Å². The van der Waals surface area contributed by atoms with E-state index < -0.39 is 0 Å². The lowest BCUT2D eigenvalue weighted by Crippen LogP contribution is -2.19. The number of ether oxygens (including phenoxy) is 1. The van der Waals surface area contributed by atoms with Crippen LogP contribution in [0.2, 0.25) is 0 Å². The lowest BCUT2D eigenvalue weighted by atomic mass is 9.99.